The third-order valence-corrected chi connectivity index (χ3v) is 3.86. The predicted molar refractivity (Wildman–Crippen MR) is 109 cm³/mol. The number of nitriles is 1. The number of nitrogens with one attached hydrogen (secondary N) is 2. The van der Waals surface area contributed by atoms with E-state index >= 15 is 0 Å². The Morgan fingerprint density at radius 3 is 1.90 bits per heavy atom. The number of methoxy groups -OCH3 is 3. The van der Waals surface area contributed by atoms with Crippen molar-refractivity contribution < 1.29 is 23.8 Å². The number of nitrogens with zero attached hydrogens (tertiary/aromatic N) is 1. The highest BCUT2D eigenvalue weighted by atomic mass is 16.5. The van der Waals surface area contributed by atoms with Crippen molar-refractivity contribution in [2.24, 2.45) is 0 Å². The number of amides is 2. The second kappa shape index (κ2) is 9.80. The molecule has 29 heavy (non-hydrogen) atoms. The van der Waals surface area contributed by atoms with Gasteiger partial charge in [-0.1, -0.05) is 0 Å². The molecule has 0 saturated carbocycles. The lowest BCUT2D eigenvalue weighted by atomic mass is 10.1. The molecule has 0 aliphatic heterocycles. The number of hydrogen-bond acceptors (Lipinski definition) is 6. The summed E-state index contributed by atoms with van der Waals surface area (Å²) in [5.74, 6) is 0.536. The standard InChI is InChI=1S/C21H21N3O5/c1-13(25)23-16-5-7-17(8-6-16)24-21(26)15(12-22)9-14-10-19(28-3)20(29-4)11-18(14)27-2/h5-11H,1-4H3,(H,23,25)(H,24,26)/b15-9+. The maximum Gasteiger partial charge on any atom is 0.266 e. The molecule has 2 aromatic rings. The Labute approximate surface area is 168 Å². The van der Waals surface area contributed by atoms with Gasteiger partial charge in [0.1, 0.15) is 17.4 Å². The average Bonchev–Trinajstić information content (AvgIpc) is 2.72. The molecule has 0 bridgehead atoms. The van der Waals surface area contributed by atoms with Crippen molar-refractivity contribution in [3.8, 4) is 23.3 Å². The average molecular weight is 395 g/mol. The summed E-state index contributed by atoms with van der Waals surface area (Å²) in [6.45, 7) is 1.40. The molecule has 0 spiro atoms. The van der Waals surface area contributed by atoms with Crippen molar-refractivity contribution in [2.45, 2.75) is 6.92 Å². The van der Waals surface area contributed by atoms with Crippen molar-refractivity contribution >= 4 is 29.3 Å². The third-order valence-electron chi connectivity index (χ3n) is 3.86. The Hall–Kier alpha value is -3.99. The topological polar surface area (TPSA) is 110 Å². The molecule has 8 nitrogen and oxygen atoms in total. The lowest BCUT2D eigenvalue weighted by molar-refractivity contribution is -0.114. The lowest BCUT2D eigenvalue weighted by Crippen LogP contribution is -2.13. The van der Waals surface area contributed by atoms with Gasteiger partial charge in [0.05, 0.1) is 21.3 Å². The van der Waals surface area contributed by atoms with E-state index in [0.717, 1.165) is 0 Å². The summed E-state index contributed by atoms with van der Waals surface area (Å²) in [6.07, 6.45) is 1.40. The zero-order valence-corrected chi connectivity index (χ0v) is 16.5. The number of hydrogen-bond donors (Lipinski definition) is 2. The highest BCUT2D eigenvalue weighted by molar-refractivity contribution is 6.10. The van der Waals surface area contributed by atoms with Crippen molar-refractivity contribution in [2.75, 3.05) is 32.0 Å². The quantitative estimate of drug-likeness (QED) is 0.550. The molecule has 0 aliphatic carbocycles. The molecule has 0 heterocycles. The zero-order valence-electron chi connectivity index (χ0n) is 16.5. The van der Waals surface area contributed by atoms with Crippen LogP contribution in [0.25, 0.3) is 6.08 Å². The van der Waals surface area contributed by atoms with Gasteiger partial charge in [0.25, 0.3) is 5.91 Å². The Bertz CT molecular complexity index is 975. The first-order chi connectivity index (χ1) is 13.9. The minimum atomic E-state index is -0.586. The van der Waals surface area contributed by atoms with Gasteiger partial charge in [-0.3, -0.25) is 9.59 Å². The molecule has 2 aromatic carbocycles. The van der Waals surface area contributed by atoms with Crippen LogP contribution >= 0.6 is 0 Å². The van der Waals surface area contributed by atoms with Crippen LogP contribution in [0.4, 0.5) is 11.4 Å². The maximum atomic E-state index is 12.5. The first-order valence-electron chi connectivity index (χ1n) is 8.52. The van der Waals surface area contributed by atoms with Gasteiger partial charge in [0, 0.05) is 29.9 Å². The fourth-order valence-electron chi connectivity index (χ4n) is 2.51. The number of ether oxygens (including phenoxy) is 3. The van der Waals surface area contributed by atoms with Crippen molar-refractivity contribution in [1.29, 1.82) is 5.26 Å². The van der Waals surface area contributed by atoms with Crippen LogP contribution < -0.4 is 24.8 Å². The fraction of sp³-hybridized carbons (Fsp3) is 0.190. The Balaban J connectivity index is 2.28. The molecule has 2 amide bonds. The molecule has 0 aromatic heterocycles. The van der Waals surface area contributed by atoms with E-state index in [9.17, 15) is 14.9 Å². The van der Waals surface area contributed by atoms with Crippen LogP contribution in [0, 0.1) is 11.3 Å². The van der Waals surface area contributed by atoms with Crippen molar-refractivity contribution in [3.63, 3.8) is 0 Å². The molecule has 2 N–H and O–H groups in total. The van der Waals surface area contributed by atoms with Crippen LogP contribution in [0.15, 0.2) is 42.0 Å². The van der Waals surface area contributed by atoms with E-state index in [1.807, 2.05) is 6.07 Å². The van der Waals surface area contributed by atoms with Gasteiger partial charge in [-0.2, -0.15) is 5.26 Å². The molecule has 0 radical (unpaired) electrons. The molecule has 2 rings (SSSR count). The van der Waals surface area contributed by atoms with E-state index in [1.54, 1.807) is 36.4 Å². The summed E-state index contributed by atoms with van der Waals surface area (Å²) in [5, 5.41) is 14.7. The number of carbonyl (C=O) groups excluding carboxylic acids is 2. The van der Waals surface area contributed by atoms with Gasteiger partial charge >= 0.3 is 0 Å². The highest BCUT2D eigenvalue weighted by Crippen LogP contribution is 2.35. The molecule has 0 saturated heterocycles. The first-order valence-corrected chi connectivity index (χ1v) is 8.52. The summed E-state index contributed by atoms with van der Waals surface area (Å²) in [5.41, 5.74) is 1.44. The third kappa shape index (κ3) is 5.49. The number of rotatable bonds is 7. The van der Waals surface area contributed by atoms with Crippen molar-refractivity contribution in [3.05, 3.63) is 47.5 Å². The Morgan fingerprint density at radius 1 is 0.897 bits per heavy atom. The molecule has 0 unspecified atom stereocenters. The van der Waals surface area contributed by atoms with Crippen LogP contribution in [-0.2, 0) is 9.59 Å². The lowest BCUT2D eigenvalue weighted by Gasteiger charge is -2.12. The zero-order chi connectivity index (χ0) is 21.4. The number of benzene rings is 2. The summed E-state index contributed by atoms with van der Waals surface area (Å²) in [7, 11) is 4.46. The number of anilines is 2. The normalized spacial score (nSPS) is 10.5. The Morgan fingerprint density at radius 2 is 1.41 bits per heavy atom. The summed E-state index contributed by atoms with van der Waals surface area (Å²) in [6, 6.07) is 11.6. The molecule has 150 valence electrons. The van der Waals surface area contributed by atoms with Crippen LogP contribution in [0.1, 0.15) is 12.5 Å². The molecule has 0 fully saturated rings. The second-order valence-electron chi connectivity index (χ2n) is 5.83. The molecule has 0 atom stereocenters. The SMILES string of the molecule is COc1cc(OC)c(OC)cc1/C=C(\C#N)C(=O)Nc1ccc(NC(C)=O)cc1. The molecule has 8 heteroatoms. The van der Waals surface area contributed by atoms with E-state index in [2.05, 4.69) is 10.6 Å². The monoisotopic (exact) mass is 395 g/mol. The fourth-order valence-corrected chi connectivity index (χ4v) is 2.51. The van der Waals surface area contributed by atoms with Crippen LogP contribution in [-0.4, -0.2) is 33.1 Å². The van der Waals surface area contributed by atoms with Crippen LogP contribution in [0.2, 0.25) is 0 Å². The highest BCUT2D eigenvalue weighted by Gasteiger charge is 2.15. The van der Waals surface area contributed by atoms with Gasteiger partial charge in [-0.15, -0.1) is 0 Å². The van der Waals surface area contributed by atoms with Crippen LogP contribution in [0.5, 0.6) is 17.2 Å². The van der Waals surface area contributed by atoms with Gasteiger partial charge in [0.15, 0.2) is 11.5 Å². The van der Waals surface area contributed by atoms with Gasteiger partial charge < -0.3 is 24.8 Å². The predicted octanol–water partition coefficient (Wildman–Crippen LogP) is 3.22. The van der Waals surface area contributed by atoms with E-state index in [4.69, 9.17) is 14.2 Å². The van der Waals surface area contributed by atoms with E-state index in [0.29, 0.717) is 34.2 Å². The van der Waals surface area contributed by atoms with E-state index in [1.165, 1.54) is 34.3 Å². The second-order valence-corrected chi connectivity index (χ2v) is 5.83. The van der Waals surface area contributed by atoms with Crippen LogP contribution in [0.3, 0.4) is 0 Å². The summed E-state index contributed by atoms with van der Waals surface area (Å²) < 4.78 is 15.8. The maximum absolute atomic E-state index is 12.5. The first kappa shape index (κ1) is 21.3. The Kier molecular flexibility index (Phi) is 7.20. The molecular weight excluding hydrogens is 374 g/mol. The van der Waals surface area contributed by atoms with Crippen molar-refractivity contribution in [1.82, 2.24) is 0 Å². The largest absolute Gasteiger partial charge is 0.496 e. The summed E-state index contributed by atoms with van der Waals surface area (Å²) in [4.78, 5) is 23.6. The smallest absolute Gasteiger partial charge is 0.266 e. The minimum absolute atomic E-state index is 0.124. The van der Waals surface area contributed by atoms with E-state index < -0.39 is 5.91 Å². The van der Waals surface area contributed by atoms with Gasteiger partial charge in [-0.25, -0.2) is 0 Å². The summed E-state index contributed by atoms with van der Waals surface area (Å²) >= 11 is 0. The molecular formula is C21H21N3O5. The van der Waals surface area contributed by atoms with Gasteiger partial charge in [-0.05, 0) is 36.4 Å². The van der Waals surface area contributed by atoms with Gasteiger partial charge in [0.2, 0.25) is 5.91 Å². The van der Waals surface area contributed by atoms with E-state index in [-0.39, 0.29) is 11.5 Å². The minimum Gasteiger partial charge on any atom is -0.496 e. The number of carbonyl (C=O) groups is 2. The molecule has 0 aliphatic rings.